The molecule has 0 aliphatic rings. The molecule has 0 spiro atoms. The minimum absolute atomic E-state index is 0.0814. The van der Waals surface area contributed by atoms with E-state index in [4.69, 9.17) is 18.7 Å². The van der Waals surface area contributed by atoms with E-state index >= 15 is 0 Å². The fraction of sp³-hybridized carbons (Fsp3) is 0.130. The van der Waals surface area contributed by atoms with E-state index < -0.39 is 11.6 Å². The molecule has 0 aliphatic heterocycles. The van der Waals surface area contributed by atoms with Crippen molar-refractivity contribution in [1.82, 2.24) is 10.1 Å². The third-order valence-electron chi connectivity index (χ3n) is 4.58. The van der Waals surface area contributed by atoms with E-state index in [2.05, 4.69) is 10.1 Å². The van der Waals surface area contributed by atoms with Crippen LogP contribution < -0.4 is 14.2 Å². The predicted molar refractivity (Wildman–Crippen MR) is 109 cm³/mol. The van der Waals surface area contributed by atoms with Crippen molar-refractivity contribution in [3.05, 3.63) is 77.9 Å². The van der Waals surface area contributed by atoms with Crippen molar-refractivity contribution >= 4 is 0 Å². The van der Waals surface area contributed by atoms with Crippen molar-refractivity contribution in [3.8, 4) is 40.1 Å². The Balaban J connectivity index is 1.56. The van der Waals surface area contributed by atoms with Gasteiger partial charge in [0.1, 0.15) is 24.0 Å². The number of para-hydroxylation sites is 1. The van der Waals surface area contributed by atoms with E-state index in [0.717, 1.165) is 6.07 Å². The van der Waals surface area contributed by atoms with Gasteiger partial charge in [-0.1, -0.05) is 17.3 Å². The van der Waals surface area contributed by atoms with Crippen molar-refractivity contribution < 1.29 is 27.5 Å². The molecule has 0 amide bonds. The molecule has 6 nitrogen and oxygen atoms in total. The number of hydrogen-bond acceptors (Lipinski definition) is 6. The van der Waals surface area contributed by atoms with Crippen LogP contribution >= 0.6 is 0 Å². The second kappa shape index (κ2) is 8.83. The van der Waals surface area contributed by atoms with Gasteiger partial charge in [-0.05, 0) is 42.5 Å². The summed E-state index contributed by atoms with van der Waals surface area (Å²) in [5.41, 5.74) is 1.55. The van der Waals surface area contributed by atoms with E-state index in [1.165, 1.54) is 19.2 Å². The summed E-state index contributed by atoms with van der Waals surface area (Å²) in [6.07, 6.45) is 0. The lowest BCUT2D eigenvalue weighted by atomic mass is 10.1. The van der Waals surface area contributed by atoms with E-state index in [9.17, 15) is 8.78 Å². The van der Waals surface area contributed by atoms with Crippen molar-refractivity contribution in [2.24, 2.45) is 0 Å². The van der Waals surface area contributed by atoms with Crippen LogP contribution in [0.4, 0.5) is 8.78 Å². The first-order valence-corrected chi connectivity index (χ1v) is 9.31. The van der Waals surface area contributed by atoms with Crippen LogP contribution in [0.3, 0.4) is 0 Å². The fourth-order valence-corrected chi connectivity index (χ4v) is 2.99. The molecule has 0 saturated carbocycles. The highest BCUT2D eigenvalue weighted by Crippen LogP contribution is 2.34. The number of hydrogen-bond donors (Lipinski definition) is 0. The molecule has 8 heteroatoms. The summed E-state index contributed by atoms with van der Waals surface area (Å²) >= 11 is 0. The van der Waals surface area contributed by atoms with Gasteiger partial charge in [-0.25, -0.2) is 8.78 Å². The van der Waals surface area contributed by atoms with Gasteiger partial charge in [0.05, 0.1) is 19.8 Å². The number of nitrogens with zero attached hydrogens (tertiary/aromatic N) is 2. The predicted octanol–water partition coefficient (Wildman–Crippen LogP) is 5.28. The minimum atomic E-state index is -0.675. The van der Waals surface area contributed by atoms with E-state index in [1.807, 2.05) is 18.2 Å². The maximum absolute atomic E-state index is 13.8. The van der Waals surface area contributed by atoms with Gasteiger partial charge in [-0.15, -0.1) is 0 Å². The number of ether oxygens (including phenoxy) is 3. The smallest absolute Gasteiger partial charge is 0.262 e. The third kappa shape index (κ3) is 4.32. The molecule has 3 aromatic carbocycles. The molecule has 4 rings (SSSR count). The van der Waals surface area contributed by atoms with Crippen LogP contribution in [-0.2, 0) is 6.61 Å². The van der Waals surface area contributed by atoms with Gasteiger partial charge in [-0.2, -0.15) is 4.98 Å². The van der Waals surface area contributed by atoms with Gasteiger partial charge < -0.3 is 18.7 Å². The van der Waals surface area contributed by atoms with Crippen LogP contribution in [0.1, 0.15) is 5.56 Å². The van der Waals surface area contributed by atoms with Gasteiger partial charge in [0.2, 0.25) is 5.82 Å². The van der Waals surface area contributed by atoms with Gasteiger partial charge in [0.15, 0.2) is 11.5 Å². The first kappa shape index (κ1) is 20.3. The van der Waals surface area contributed by atoms with Crippen LogP contribution in [0.5, 0.6) is 17.2 Å². The monoisotopic (exact) mass is 424 g/mol. The van der Waals surface area contributed by atoms with Crippen LogP contribution in [0.15, 0.2) is 65.2 Å². The van der Waals surface area contributed by atoms with Crippen LogP contribution in [0, 0.1) is 11.6 Å². The summed E-state index contributed by atoms with van der Waals surface area (Å²) in [5, 5.41) is 4.03. The van der Waals surface area contributed by atoms with E-state index in [-0.39, 0.29) is 12.2 Å². The molecule has 158 valence electrons. The highest BCUT2D eigenvalue weighted by atomic mass is 19.1. The quantitative estimate of drug-likeness (QED) is 0.402. The van der Waals surface area contributed by atoms with E-state index in [0.29, 0.717) is 40.1 Å². The summed E-state index contributed by atoms with van der Waals surface area (Å²) in [4.78, 5) is 4.44. The highest BCUT2D eigenvalue weighted by Gasteiger charge is 2.16. The molecule has 0 fully saturated rings. The van der Waals surface area contributed by atoms with Crippen molar-refractivity contribution in [1.29, 1.82) is 0 Å². The third-order valence-corrected chi connectivity index (χ3v) is 4.58. The SMILES string of the molecule is COc1cc(-c2noc(-c3ccccc3OC)n2)ccc1OCc1ccc(F)cc1F. The molecule has 1 heterocycles. The molecule has 4 aromatic rings. The Labute approximate surface area is 177 Å². The first-order valence-electron chi connectivity index (χ1n) is 9.31. The molecule has 0 saturated heterocycles. The molecule has 1 aromatic heterocycles. The zero-order valence-electron chi connectivity index (χ0n) is 16.8. The maximum atomic E-state index is 13.8. The number of aromatic nitrogens is 2. The Hall–Kier alpha value is -3.94. The standard InChI is InChI=1S/C23H18F2N2O4/c1-28-19-6-4-3-5-17(19)23-26-22(27-31-23)14-8-10-20(21(11-14)29-2)30-13-15-7-9-16(24)12-18(15)25/h3-12H,13H2,1-2H3. The summed E-state index contributed by atoms with van der Waals surface area (Å²) in [7, 11) is 3.05. The topological polar surface area (TPSA) is 66.6 Å². The molecule has 0 atom stereocenters. The lowest BCUT2D eigenvalue weighted by molar-refractivity contribution is 0.279. The Bertz CT molecular complexity index is 1210. The molecule has 0 radical (unpaired) electrons. The van der Waals surface area contributed by atoms with Crippen molar-refractivity contribution in [2.75, 3.05) is 14.2 Å². The molecule has 0 unspecified atom stereocenters. The summed E-state index contributed by atoms with van der Waals surface area (Å²) in [6.45, 7) is -0.0814. The second-order valence-corrected chi connectivity index (χ2v) is 6.51. The first-order chi connectivity index (χ1) is 15.1. The zero-order chi connectivity index (χ0) is 21.8. The summed E-state index contributed by atoms with van der Waals surface area (Å²) in [5.74, 6) is 0.773. The van der Waals surface area contributed by atoms with Gasteiger partial charge in [0.25, 0.3) is 5.89 Å². The average molecular weight is 424 g/mol. The molecule has 0 N–H and O–H groups in total. The van der Waals surface area contributed by atoms with Gasteiger partial charge in [0, 0.05) is 17.2 Å². The largest absolute Gasteiger partial charge is 0.496 e. The zero-order valence-corrected chi connectivity index (χ0v) is 16.8. The van der Waals surface area contributed by atoms with Crippen molar-refractivity contribution in [3.63, 3.8) is 0 Å². The Morgan fingerprint density at radius 3 is 2.45 bits per heavy atom. The lowest BCUT2D eigenvalue weighted by Gasteiger charge is -2.12. The number of methoxy groups -OCH3 is 2. The van der Waals surface area contributed by atoms with Gasteiger partial charge >= 0.3 is 0 Å². The van der Waals surface area contributed by atoms with Crippen LogP contribution in [-0.4, -0.2) is 24.4 Å². The summed E-state index contributed by atoms with van der Waals surface area (Å²) < 4.78 is 48.7. The molecular formula is C23H18F2N2O4. The van der Waals surface area contributed by atoms with Crippen LogP contribution in [0.2, 0.25) is 0 Å². The Morgan fingerprint density at radius 1 is 0.871 bits per heavy atom. The normalized spacial score (nSPS) is 10.7. The van der Waals surface area contributed by atoms with Crippen molar-refractivity contribution in [2.45, 2.75) is 6.61 Å². The van der Waals surface area contributed by atoms with E-state index in [1.54, 1.807) is 31.4 Å². The maximum Gasteiger partial charge on any atom is 0.262 e. The second-order valence-electron chi connectivity index (χ2n) is 6.51. The molecule has 31 heavy (non-hydrogen) atoms. The molecule has 0 bridgehead atoms. The molecular weight excluding hydrogens is 406 g/mol. The average Bonchev–Trinajstić information content (AvgIpc) is 3.28. The highest BCUT2D eigenvalue weighted by molar-refractivity contribution is 5.66. The van der Waals surface area contributed by atoms with Gasteiger partial charge in [-0.3, -0.25) is 0 Å². The Kier molecular flexibility index (Phi) is 5.79. The number of halogens is 2. The number of benzene rings is 3. The Morgan fingerprint density at radius 2 is 1.68 bits per heavy atom. The number of rotatable bonds is 7. The van der Waals surface area contributed by atoms with Crippen LogP contribution in [0.25, 0.3) is 22.8 Å². The minimum Gasteiger partial charge on any atom is -0.496 e. The fourth-order valence-electron chi connectivity index (χ4n) is 2.99. The summed E-state index contributed by atoms with van der Waals surface area (Å²) in [6, 6.07) is 15.7. The molecule has 0 aliphatic carbocycles. The lowest BCUT2D eigenvalue weighted by Crippen LogP contribution is -2.00.